The van der Waals surface area contributed by atoms with Crippen molar-refractivity contribution in [1.29, 1.82) is 0 Å². The van der Waals surface area contributed by atoms with Crippen molar-refractivity contribution in [3.63, 3.8) is 0 Å². The largest absolute Gasteiger partial charge is 0.390 e. The number of nitrogens with zero attached hydrogens (tertiary/aromatic N) is 3. The van der Waals surface area contributed by atoms with Gasteiger partial charge in [-0.1, -0.05) is 0 Å². The average Bonchev–Trinajstić information content (AvgIpc) is 2.78. The third kappa shape index (κ3) is 3.40. The molecule has 1 aromatic rings. The van der Waals surface area contributed by atoms with E-state index in [0.717, 1.165) is 13.1 Å². The van der Waals surface area contributed by atoms with Crippen LogP contribution in [0.4, 0.5) is 0 Å². The molecular formula is C12H21N3O2S. The Balaban J connectivity index is 1.84. The molecule has 1 N–H and O–H groups in total. The van der Waals surface area contributed by atoms with Crippen LogP contribution in [-0.4, -0.2) is 60.2 Å². The highest BCUT2D eigenvalue weighted by Crippen LogP contribution is 2.15. The van der Waals surface area contributed by atoms with E-state index in [0.29, 0.717) is 13.1 Å². The molecule has 0 saturated carbocycles. The van der Waals surface area contributed by atoms with Gasteiger partial charge in [0.15, 0.2) is 0 Å². The van der Waals surface area contributed by atoms with Crippen molar-refractivity contribution in [2.45, 2.75) is 37.0 Å². The molecule has 6 heteroatoms. The number of rotatable bonds is 4. The lowest BCUT2D eigenvalue weighted by Crippen LogP contribution is -2.49. The summed E-state index contributed by atoms with van der Waals surface area (Å²) in [5.74, 6) is 0. The minimum atomic E-state index is -0.738. The molecular weight excluding hydrogens is 250 g/mol. The van der Waals surface area contributed by atoms with Gasteiger partial charge in [-0.3, -0.25) is 13.8 Å². The molecule has 3 atom stereocenters. The first-order valence-electron chi connectivity index (χ1n) is 6.33. The Bertz CT molecular complexity index is 382. The van der Waals surface area contributed by atoms with Gasteiger partial charge in [0, 0.05) is 53.3 Å². The standard InChI is InChI=1S/C12H21N3O2S/c1-10-6-14(7-11(2)18(10)17)8-12(16)9-15-5-3-4-13-15/h3-5,10-12,16H,6-9H2,1-2H3. The maximum Gasteiger partial charge on any atom is 0.0862 e. The highest BCUT2D eigenvalue weighted by Gasteiger charge is 2.29. The van der Waals surface area contributed by atoms with Crippen molar-refractivity contribution in [2.24, 2.45) is 0 Å². The van der Waals surface area contributed by atoms with Crippen molar-refractivity contribution >= 4 is 10.8 Å². The minimum Gasteiger partial charge on any atom is -0.390 e. The maximum atomic E-state index is 11.8. The number of aliphatic hydroxyl groups excluding tert-OH is 1. The lowest BCUT2D eigenvalue weighted by molar-refractivity contribution is 0.0935. The van der Waals surface area contributed by atoms with Crippen LogP contribution in [-0.2, 0) is 17.3 Å². The Morgan fingerprint density at radius 2 is 2.06 bits per heavy atom. The number of aromatic nitrogens is 2. The first kappa shape index (κ1) is 13.7. The van der Waals surface area contributed by atoms with Crippen LogP contribution < -0.4 is 0 Å². The topological polar surface area (TPSA) is 58.4 Å². The number of hydrogen-bond acceptors (Lipinski definition) is 4. The summed E-state index contributed by atoms with van der Waals surface area (Å²) in [6.07, 6.45) is 3.12. The molecule has 5 nitrogen and oxygen atoms in total. The molecule has 0 amide bonds. The van der Waals surface area contributed by atoms with Gasteiger partial charge >= 0.3 is 0 Å². The normalized spacial score (nSPS) is 31.4. The lowest BCUT2D eigenvalue weighted by Gasteiger charge is -2.35. The summed E-state index contributed by atoms with van der Waals surface area (Å²) in [5.41, 5.74) is 0. The zero-order valence-electron chi connectivity index (χ0n) is 10.9. The van der Waals surface area contributed by atoms with Gasteiger partial charge in [0.25, 0.3) is 0 Å². The molecule has 1 aliphatic heterocycles. The van der Waals surface area contributed by atoms with Crippen LogP contribution in [0.5, 0.6) is 0 Å². The molecule has 1 fully saturated rings. The van der Waals surface area contributed by atoms with Gasteiger partial charge in [0.1, 0.15) is 0 Å². The monoisotopic (exact) mass is 271 g/mol. The lowest BCUT2D eigenvalue weighted by atomic mass is 10.2. The molecule has 0 radical (unpaired) electrons. The molecule has 2 heterocycles. The predicted molar refractivity (Wildman–Crippen MR) is 71.7 cm³/mol. The second kappa shape index (κ2) is 5.95. The van der Waals surface area contributed by atoms with Crippen LogP contribution in [0.15, 0.2) is 18.5 Å². The quantitative estimate of drug-likeness (QED) is 0.843. The fraction of sp³-hybridized carbons (Fsp3) is 0.750. The van der Waals surface area contributed by atoms with Gasteiger partial charge in [-0.05, 0) is 19.9 Å². The molecule has 1 saturated heterocycles. The van der Waals surface area contributed by atoms with E-state index in [1.165, 1.54) is 0 Å². The third-order valence-corrected chi connectivity index (χ3v) is 5.13. The van der Waals surface area contributed by atoms with E-state index in [1.807, 2.05) is 26.1 Å². The molecule has 0 aromatic carbocycles. The highest BCUT2D eigenvalue weighted by molar-refractivity contribution is 7.86. The molecule has 1 aromatic heterocycles. The Morgan fingerprint density at radius 1 is 1.39 bits per heavy atom. The second-order valence-corrected chi connectivity index (χ2v) is 7.32. The minimum absolute atomic E-state index is 0.186. The molecule has 2 rings (SSSR count). The van der Waals surface area contributed by atoms with E-state index in [1.54, 1.807) is 10.9 Å². The van der Waals surface area contributed by atoms with Gasteiger partial charge in [-0.2, -0.15) is 5.10 Å². The predicted octanol–water partition coefficient (Wildman–Crippen LogP) is 0.0853. The van der Waals surface area contributed by atoms with E-state index >= 15 is 0 Å². The second-order valence-electron chi connectivity index (χ2n) is 5.05. The van der Waals surface area contributed by atoms with E-state index in [9.17, 15) is 9.32 Å². The molecule has 0 bridgehead atoms. The van der Waals surface area contributed by atoms with Crippen molar-refractivity contribution in [3.8, 4) is 0 Å². The van der Waals surface area contributed by atoms with Crippen LogP contribution in [0.25, 0.3) is 0 Å². The van der Waals surface area contributed by atoms with Crippen molar-refractivity contribution < 1.29 is 9.32 Å². The Hall–Kier alpha value is -0.720. The summed E-state index contributed by atoms with van der Waals surface area (Å²) in [7, 11) is -0.738. The highest BCUT2D eigenvalue weighted by atomic mass is 32.2. The SMILES string of the molecule is CC1CN(CC(O)Cn2cccn2)CC(C)S1=O. The summed E-state index contributed by atoms with van der Waals surface area (Å²) < 4.78 is 13.6. The summed E-state index contributed by atoms with van der Waals surface area (Å²) in [4.78, 5) is 2.20. The van der Waals surface area contributed by atoms with Gasteiger partial charge in [-0.25, -0.2) is 0 Å². The van der Waals surface area contributed by atoms with E-state index in [2.05, 4.69) is 10.00 Å². The van der Waals surface area contributed by atoms with Crippen LogP contribution in [0, 0.1) is 0 Å². The van der Waals surface area contributed by atoms with Crippen molar-refractivity contribution in [2.75, 3.05) is 19.6 Å². The van der Waals surface area contributed by atoms with E-state index in [-0.39, 0.29) is 10.5 Å². The first-order chi connectivity index (χ1) is 8.56. The third-order valence-electron chi connectivity index (χ3n) is 3.25. The summed E-state index contributed by atoms with van der Waals surface area (Å²) in [5, 5.41) is 14.5. The molecule has 3 unspecified atom stereocenters. The van der Waals surface area contributed by atoms with Crippen LogP contribution >= 0.6 is 0 Å². The van der Waals surface area contributed by atoms with Crippen molar-refractivity contribution in [3.05, 3.63) is 18.5 Å². The number of hydrogen-bond donors (Lipinski definition) is 1. The Kier molecular flexibility index (Phi) is 4.53. The van der Waals surface area contributed by atoms with Crippen LogP contribution in [0.2, 0.25) is 0 Å². The fourth-order valence-corrected chi connectivity index (χ4v) is 3.98. The van der Waals surface area contributed by atoms with Crippen LogP contribution in [0.1, 0.15) is 13.8 Å². The zero-order chi connectivity index (χ0) is 13.1. The van der Waals surface area contributed by atoms with Gasteiger partial charge in [-0.15, -0.1) is 0 Å². The zero-order valence-corrected chi connectivity index (χ0v) is 11.7. The Morgan fingerprint density at radius 3 is 2.61 bits per heavy atom. The fourth-order valence-electron chi connectivity index (χ4n) is 2.47. The smallest absolute Gasteiger partial charge is 0.0862 e. The van der Waals surface area contributed by atoms with Crippen molar-refractivity contribution in [1.82, 2.24) is 14.7 Å². The van der Waals surface area contributed by atoms with Gasteiger partial charge in [0.2, 0.25) is 0 Å². The van der Waals surface area contributed by atoms with Gasteiger partial charge in [0.05, 0.1) is 12.6 Å². The first-order valence-corrected chi connectivity index (χ1v) is 7.61. The molecule has 18 heavy (non-hydrogen) atoms. The average molecular weight is 271 g/mol. The molecule has 0 aliphatic carbocycles. The molecule has 0 spiro atoms. The molecule has 102 valence electrons. The maximum absolute atomic E-state index is 11.8. The number of aliphatic hydroxyl groups is 1. The van der Waals surface area contributed by atoms with Gasteiger partial charge < -0.3 is 5.11 Å². The van der Waals surface area contributed by atoms with E-state index in [4.69, 9.17) is 0 Å². The van der Waals surface area contributed by atoms with Crippen LogP contribution in [0.3, 0.4) is 0 Å². The molecule has 1 aliphatic rings. The van der Waals surface area contributed by atoms with E-state index < -0.39 is 16.9 Å². The summed E-state index contributed by atoms with van der Waals surface area (Å²) >= 11 is 0. The Labute approximate surface area is 110 Å². The number of β-amino-alcohol motifs (C(OH)–C–C–N with tert-alkyl or cyclic N) is 1. The summed E-state index contributed by atoms with van der Waals surface area (Å²) in [6, 6.07) is 1.85. The summed E-state index contributed by atoms with van der Waals surface area (Å²) in [6.45, 7) is 6.75.